The number of nitrogens with two attached hydrogens (primary N) is 1. The highest BCUT2D eigenvalue weighted by atomic mass is 16.3. The summed E-state index contributed by atoms with van der Waals surface area (Å²) in [4.78, 5) is 11.7. The largest absolute Gasteiger partial charge is 0.391 e. The van der Waals surface area contributed by atoms with Crippen molar-refractivity contribution >= 4 is 5.91 Å². The van der Waals surface area contributed by atoms with Gasteiger partial charge in [0.25, 0.3) is 0 Å². The minimum absolute atomic E-state index is 0.0755. The third-order valence-corrected chi connectivity index (χ3v) is 3.54. The molecule has 0 aromatic heterocycles. The maximum absolute atomic E-state index is 11.7. The molecule has 2 saturated carbocycles. The van der Waals surface area contributed by atoms with Gasteiger partial charge in [0.05, 0.1) is 17.7 Å². The zero-order valence-electron chi connectivity index (χ0n) is 9.04. The van der Waals surface area contributed by atoms with Crippen LogP contribution in [-0.2, 0) is 4.79 Å². The van der Waals surface area contributed by atoms with Crippen molar-refractivity contribution in [3.63, 3.8) is 0 Å². The lowest BCUT2D eigenvalue weighted by atomic mass is 10.1. The van der Waals surface area contributed by atoms with Gasteiger partial charge >= 0.3 is 0 Å². The normalized spacial score (nSPS) is 34.3. The number of aliphatic hydroxyl groups is 1. The van der Waals surface area contributed by atoms with Gasteiger partial charge in [-0.2, -0.15) is 0 Å². The molecule has 4 heteroatoms. The van der Waals surface area contributed by atoms with Crippen LogP contribution in [0.25, 0.3) is 0 Å². The number of carbonyl (C=O) groups excluding carboxylic acids is 1. The zero-order valence-corrected chi connectivity index (χ0v) is 9.04. The van der Waals surface area contributed by atoms with Crippen molar-refractivity contribution in [3.05, 3.63) is 0 Å². The van der Waals surface area contributed by atoms with Crippen LogP contribution in [0.5, 0.6) is 0 Å². The number of hydrogen-bond acceptors (Lipinski definition) is 3. The molecule has 2 rings (SSSR count). The molecule has 2 aliphatic carbocycles. The van der Waals surface area contributed by atoms with E-state index in [4.69, 9.17) is 5.73 Å². The molecule has 86 valence electrons. The van der Waals surface area contributed by atoms with E-state index in [-0.39, 0.29) is 11.9 Å². The highest BCUT2D eigenvalue weighted by Gasteiger charge is 2.46. The Kier molecular flexibility index (Phi) is 2.98. The number of nitrogens with one attached hydrogen (secondary N) is 1. The lowest BCUT2D eigenvalue weighted by Gasteiger charge is -2.23. The van der Waals surface area contributed by atoms with E-state index in [0.717, 1.165) is 44.9 Å². The zero-order chi connectivity index (χ0) is 10.9. The fourth-order valence-electron chi connectivity index (χ4n) is 2.13. The predicted molar refractivity (Wildman–Crippen MR) is 57.2 cm³/mol. The smallest absolute Gasteiger partial charge is 0.240 e. The van der Waals surface area contributed by atoms with Crippen LogP contribution in [0.1, 0.15) is 44.9 Å². The first-order valence-electron chi connectivity index (χ1n) is 5.90. The molecular formula is C11H20N2O2. The number of aliphatic hydroxyl groups excluding tert-OH is 1. The van der Waals surface area contributed by atoms with Gasteiger partial charge in [0.1, 0.15) is 0 Å². The summed E-state index contributed by atoms with van der Waals surface area (Å²) in [5.41, 5.74) is 5.18. The van der Waals surface area contributed by atoms with Gasteiger partial charge < -0.3 is 16.2 Å². The van der Waals surface area contributed by atoms with Crippen LogP contribution in [-0.4, -0.2) is 28.7 Å². The van der Waals surface area contributed by atoms with E-state index in [1.807, 2.05) is 0 Å². The van der Waals surface area contributed by atoms with Crippen molar-refractivity contribution in [1.29, 1.82) is 0 Å². The van der Waals surface area contributed by atoms with Crippen molar-refractivity contribution in [2.45, 2.75) is 62.6 Å². The Morgan fingerprint density at radius 3 is 2.60 bits per heavy atom. The van der Waals surface area contributed by atoms with Crippen LogP contribution < -0.4 is 11.1 Å². The highest BCUT2D eigenvalue weighted by molar-refractivity contribution is 5.89. The third kappa shape index (κ3) is 2.49. The van der Waals surface area contributed by atoms with Crippen molar-refractivity contribution in [2.24, 2.45) is 5.73 Å². The Morgan fingerprint density at radius 2 is 1.93 bits per heavy atom. The van der Waals surface area contributed by atoms with E-state index in [1.54, 1.807) is 0 Å². The Hall–Kier alpha value is -0.610. The minimum Gasteiger partial charge on any atom is -0.391 e. The average molecular weight is 212 g/mol. The monoisotopic (exact) mass is 212 g/mol. The average Bonchev–Trinajstić information content (AvgIpc) is 2.96. The van der Waals surface area contributed by atoms with Crippen LogP contribution in [0.3, 0.4) is 0 Å². The molecule has 4 N–H and O–H groups in total. The molecule has 2 aliphatic rings. The summed E-state index contributed by atoms with van der Waals surface area (Å²) < 4.78 is 0. The second kappa shape index (κ2) is 4.10. The number of carbonyl (C=O) groups is 1. The first kappa shape index (κ1) is 10.9. The van der Waals surface area contributed by atoms with Crippen LogP contribution in [0, 0.1) is 0 Å². The first-order chi connectivity index (χ1) is 7.12. The summed E-state index contributed by atoms with van der Waals surface area (Å²) in [7, 11) is 0. The maximum atomic E-state index is 11.7. The Bertz CT molecular complexity index is 251. The van der Waals surface area contributed by atoms with E-state index < -0.39 is 11.6 Å². The molecule has 2 unspecified atom stereocenters. The van der Waals surface area contributed by atoms with Gasteiger partial charge in [0, 0.05) is 0 Å². The molecule has 4 nitrogen and oxygen atoms in total. The first-order valence-corrected chi connectivity index (χ1v) is 5.90. The highest BCUT2D eigenvalue weighted by Crippen LogP contribution is 2.32. The van der Waals surface area contributed by atoms with E-state index >= 15 is 0 Å². The quantitative estimate of drug-likeness (QED) is 0.576. The Balaban J connectivity index is 1.88. The molecule has 15 heavy (non-hydrogen) atoms. The fourth-order valence-corrected chi connectivity index (χ4v) is 2.13. The summed E-state index contributed by atoms with van der Waals surface area (Å²) >= 11 is 0. The lowest BCUT2D eigenvalue weighted by molar-refractivity contribution is -0.124. The van der Waals surface area contributed by atoms with Crippen LogP contribution in [0.4, 0.5) is 0 Å². The molecular weight excluding hydrogens is 192 g/mol. The maximum Gasteiger partial charge on any atom is 0.240 e. The standard InChI is InChI=1S/C11H20N2O2/c12-11(6-7-11)10(15)13-8-4-2-1-3-5-9(8)14/h8-9,14H,1-7,12H2,(H,13,15). The van der Waals surface area contributed by atoms with Crippen LogP contribution in [0.2, 0.25) is 0 Å². The van der Waals surface area contributed by atoms with Crippen molar-refractivity contribution < 1.29 is 9.90 Å². The van der Waals surface area contributed by atoms with E-state index in [2.05, 4.69) is 5.32 Å². The van der Waals surface area contributed by atoms with Crippen molar-refractivity contribution in [3.8, 4) is 0 Å². The number of hydrogen-bond donors (Lipinski definition) is 3. The van der Waals surface area contributed by atoms with Gasteiger partial charge in [-0.1, -0.05) is 19.3 Å². The van der Waals surface area contributed by atoms with E-state index in [9.17, 15) is 9.90 Å². The second-order valence-electron chi connectivity index (χ2n) is 4.94. The topological polar surface area (TPSA) is 75.4 Å². The van der Waals surface area contributed by atoms with Gasteiger partial charge in [-0.3, -0.25) is 4.79 Å². The van der Waals surface area contributed by atoms with Gasteiger partial charge in [-0.05, 0) is 25.7 Å². The molecule has 2 fully saturated rings. The SMILES string of the molecule is NC1(C(=O)NC2CCCCCC2O)CC1. The summed E-state index contributed by atoms with van der Waals surface area (Å²) in [5, 5.41) is 12.7. The lowest BCUT2D eigenvalue weighted by Crippen LogP contribution is -2.50. The molecule has 0 aromatic carbocycles. The predicted octanol–water partition coefficient (Wildman–Crippen LogP) is 0.287. The van der Waals surface area contributed by atoms with Gasteiger partial charge in [0.15, 0.2) is 0 Å². The van der Waals surface area contributed by atoms with Gasteiger partial charge in [0.2, 0.25) is 5.91 Å². The molecule has 0 spiro atoms. The molecule has 0 heterocycles. The number of amides is 1. The van der Waals surface area contributed by atoms with Crippen molar-refractivity contribution in [2.75, 3.05) is 0 Å². The summed E-state index contributed by atoms with van der Waals surface area (Å²) in [6, 6.07) is -0.0824. The minimum atomic E-state index is -0.619. The van der Waals surface area contributed by atoms with Crippen LogP contribution >= 0.6 is 0 Å². The summed E-state index contributed by atoms with van der Waals surface area (Å²) in [6.45, 7) is 0. The van der Waals surface area contributed by atoms with Crippen molar-refractivity contribution in [1.82, 2.24) is 5.32 Å². The molecule has 0 bridgehead atoms. The fraction of sp³-hybridized carbons (Fsp3) is 0.909. The third-order valence-electron chi connectivity index (χ3n) is 3.54. The number of rotatable bonds is 2. The second-order valence-corrected chi connectivity index (χ2v) is 4.94. The Labute approximate surface area is 90.2 Å². The molecule has 0 radical (unpaired) electrons. The molecule has 0 saturated heterocycles. The summed E-state index contributed by atoms with van der Waals surface area (Å²) in [5.74, 6) is -0.0755. The van der Waals surface area contributed by atoms with E-state index in [1.165, 1.54) is 0 Å². The Morgan fingerprint density at radius 1 is 1.27 bits per heavy atom. The molecule has 0 aromatic rings. The molecule has 0 aliphatic heterocycles. The molecule has 1 amide bonds. The molecule has 2 atom stereocenters. The summed E-state index contributed by atoms with van der Waals surface area (Å²) in [6.07, 6.45) is 6.13. The van der Waals surface area contributed by atoms with Gasteiger partial charge in [-0.15, -0.1) is 0 Å². The van der Waals surface area contributed by atoms with Gasteiger partial charge in [-0.25, -0.2) is 0 Å². The van der Waals surface area contributed by atoms with Crippen LogP contribution in [0.15, 0.2) is 0 Å². The van der Waals surface area contributed by atoms with E-state index in [0.29, 0.717) is 0 Å².